The van der Waals surface area contributed by atoms with Gasteiger partial charge in [0.05, 0.1) is 22.1 Å². The largest absolute Gasteiger partial charge is 0.496 e. The van der Waals surface area contributed by atoms with E-state index in [2.05, 4.69) is 21.2 Å². The van der Waals surface area contributed by atoms with Crippen LogP contribution in [0.1, 0.15) is 15.9 Å². The van der Waals surface area contributed by atoms with Crippen LogP contribution in [0.4, 0.5) is 10.1 Å². The van der Waals surface area contributed by atoms with Crippen molar-refractivity contribution >= 4 is 27.5 Å². The van der Waals surface area contributed by atoms with Gasteiger partial charge in [-0.25, -0.2) is 4.39 Å². The first-order chi connectivity index (χ1) is 11.4. The van der Waals surface area contributed by atoms with Crippen LogP contribution in [0.15, 0.2) is 40.9 Å². The second-order valence-corrected chi connectivity index (χ2v) is 5.75. The number of halogens is 2. The smallest absolute Gasteiger partial charge is 0.270 e. The van der Waals surface area contributed by atoms with Gasteiger partial charge in [0.2, 0.25) is 0 Å². The van der Waals surface area contributed by atoms with Gasteiger partial charge in [-0.1, -0.05) is 6.07 Å². The number of carbonyl (C=O) groups is 1. The van der Waals surface area contributed by atoms with E-state index >= 15 is 0 Å². The Kier molecular flexibility index (Phi) is 5.86. The highest BCUT2D eigenvalue weighted by molar-refractivity contribution is 9.10. The first-order valence-electron chi connectivity index (χ1n) is 6.97. The van der Waals surface area contributed by atoms with E-state index < -0.39 is 10.8 Å². The summed E-state index contributed by atoms with van der Waals surface area (Å²) in [4.78, 5) is 22.5. The van der Waals surface area contributed by atoms with E-state index in [4.69, 9.17) is 4.74 Å². The Morgan fingerprint density at radius 1 is 1.33 bits per heavy atom. The van der Waals surface area contributed by atoms with E-state index in [0.29, 0.717) is 17.4 Å². The van der Waals surface area contributed by atoms with E-state index in [0.717, 1.165) is 5.56 Å². The van der Waals surface area contributed by atoms with Gasteiger partial charge in [-0.15, -0.1) is 0 Å². The van der Waals surface area contributed by atoms with Crippen molar-refractivity contribution in [2.75, 3.05) is 13.7 Å². The Morgan fingerprint density at radius 2 is 2.08 bits per heavy atom. The lowest BCUT2D eigenvalue weighted by atomic mass is 10.1. The number of nitrogens with one attached hydrogen (secondary N) is 1. The van der Waals surface area contributed by atoms with Crippen LogP contribution in [-0.2, 0) is 6.42 Å². The van der Waals surface area contributed by atoms with Crippen molar-refractivity contribution in [2.45, 2.75) is 6.42 Å². The summed E-state index contributed by atoms with van der Waals surface area (Å²) in [5, 5.41) is 13.5. The summed E-state index contributed by atoms with van der Waals surface area (Å²) in [5.74, 6) is -0.580. The molecule has 0 aliphatic heterocycles. The Balaban J connectivity index is 2.05. The summed E-state index contributed by atoms with van der Waals surface area (Å²) >= 11 is 3.10. The zero-order valence-electron chi connectivity index (χ0n) is 12.7. The molecule has 0 aliphatic carbocycles. The van der Waals surface area contributed by atoms with Crippen molar-refractivity contribution in [1.29, 1.82) is 0 Å². The molecule has 2 aromatic carbocycles. The quantitative estimate of drug-likeness (QED) is 0.598. The number of nitro groups is 1. The first kappa shape index (κ1) is 17.9. The average Bonchev–Trinajstić information content (AvgIpc) is 2.57. The van der Waals surface area contributed by atoms with Crippen molar-refractivity contribution in [3.8, 4) is 5.75 Å². The lowest BCUT2D eigenvalue weighted by Crippen LogP contribution is -2.26. The number of benzene rings is 2. The maximum Gasteiger partial charge on any atom is 0.270 e. The van der Waals surface area contributed by atoms with Gasteiger partial charge in [-0.05, 0) is 46.1 Å². The van der Waals surface area contributed by atoms with Crippen LogP contribution in [0.3, 0.4) is 0 Å². The number of hydrogen-bond donors (Lipinski definition) is 1. The van der Waals surface area contributed by atoms with Crippen LogP contribution in [0.2, 0.25) is 0 Å². The molecular weight excluding hydrogens is 383 g/mol. The van der Waals surface area contributed by atoms with Crippen LogP contribution in [0.25, 0.3) is 0 Å². The van der Waals surface area contributed by atoms with Crippen molar-refractivity contribution in [1.82, 2.24) is 5.32 Å². The Hall–Kier alpha value is -2.48. The third kappa shape index (κ3) is 4.29. The van der Waals surface area contributed by atoms with Gasteiger partial charge < -0.3 is 10.1 Å². The Bertz CT molecular complexity index is 783. The summed E-state index contributed by atoms with van der Waals surface area (Å²) in [7, 11) is 1.38. The third-order valence-electron chi connectivity index (χ3n) is 3.32. The van der Waals surface area contributed by atoms with E-state index in [1.54, 1.807) is 12.1 Å². The zero-order valence-corrected chi connectivity index (χ0v) is 14.3. The molecule has 8 heteroatoms. The minimum absolute atomic E-state index is 0.0898. The normalized spacial score (nSPS) is 10.3. The molecule has 2 rings (SSSR count). The fourth-order valence-electron chi connectivity index (χ4n) is 2.10. The minimum Gasteiger partial charge on any atom is -0.496 e. The van der Waals surface area contributed by atoms with Crippen LogP contribution >= 0.6 is 15.9 Å². The number of ether oxygens (including phenoxy) is 1. The second-order valence-electron chi connectivity index (χ2n) is 4.90. The monoisotopic (exact) mass is 396 g/mol. The molecule has 0 spiro atoms. The van der Waals surface area contributed by atoms with E-state index in [1.807, 2.05) is 0 Å². The maximum atomic E-state index is 13.2. The molecule has 0 fully saturated rings. The van der Waals surface area contributed by atoms with Gasteiger partial charge in [0.25, 0.3) is 11.6 Å². The van der Waals surface area contributed by atoms with Crippen LogP contribution < -0.4 is 10.1 Å². The molecule has 1 amide bonds. The van der Waals surface area contributed by atoms with Crippen molar-refractivity contribution in [2.24, 2.45) is 0 Å². The van der Waals surface area contributed by atoms with Crippen LogP contribution in [0, 0.1) is 15.9 Å². The molecular formula is C16H14BrFN2O4. The van der Waals surface area contributed by atoms with Gasteiger partial charge in [-0.2, -0.15) is 0 Å². The molecule has 126 valence electrons. The number of carbonyl (C=O) groups excluding carboxylic acids is 1. The molecule has 0 heterocycles. The molecule has 0 saturated carbocycles. The lowest BCUT2D eigenvalue weighted by Gasteiger charge is -2.09. The topological polar surface area (TPSA) is 81.5 Å². The number of non-ortho nitro benzene ring substituents is 1. The van der Waals surface area contributed by atoms with Crippen molar-refractivity contribution in [3.63, 3.8) is 0 Å². The maximum absolute atomic E-state index is 13.2. The summed E-state index contributed by atoms with van der Waals surface area (Å²) in [5.41, 5.74) is 0.741. The van der Waals surface area contributed by atoms with Gasteiger partial charge in [0, 0.05) is 18.7 Å². The predicted molar refractivity (Wildman–Crippen MR) is 89.8 cm³/mol. The van der Waals surface area contributed by atoms with Crippen molar-refractivity contribution in [3.05, 3.63) is 67.9 Å². The van der Waals surface area contributed by atoms with Gasteiger partial charge in [0.15, 0.2) is 0 Å². The van der Waals surface area contributed by atoms with E-state index in [1.165, 1.54) is 31.4 Å². The summed E-state index contributed by atoms with van der Waals surface area (Å²) in [6, 6.07) is 8.42. The highest BCUT2D eigenvalue weighted by Crippen LogP contribution is 2.24. The van der Waals surface area contributed by atoms with Crippen LogP contribution in [0.5, 0.6) is 5.75 Å². The summed E-state index contributed by atoms with van der Waals surface area (Å²) in [6.45, 7) is 0.294. The van der Waals surface area contributed by atoms with Gasteiger partial charge in [-0.3, -0.25) is 14.9 Å². The number of amides is 1. The highest BCUT2D eigenvalue weighted by atomic mass is 79.9. The first-order valence-corrected chi connectivity index (χ1v) is 7.76. The summed E-state index contributed by atoms with van der Waals surface area (Å²) in [6.07, 6.45) is 0.488. The standard InChI is InChI=1S/C16H14BrFN2O4/c1-24-15-5-3-11(20(22)23)9-12(15)16(21)19-7-6-10-2-4-14(18)13(17)8-10/h2-5,8-9H,6-7H2,1H3,(H,19,21). The number of nitrogens with zero attached hydrogens (tertiary/aromatic N) is 1. The molecule has 0 bridgehead atoms. The molecule has 2 aromatic rings. The van der Waals surface area contributed by atoms with E-state index in [-0.39, 0.29) is 22.8 Å². The van der Waals surface area contributed by atoms with Crippen LogP contribution in [-0.4, -0.2) is 24.5 Å². The number of hydrogen-bond acceptors (Lipinski definition) is 4. The number of methoxy groups -OCH3 is 1. The zero-order chi connectivity index (χ0) is 17.7. The molecule has 0 radical (unpaired) electrons. The molecule has 0 aliphatic rings. The Morgan fingerprint density at radius 3 is 2.71 bits per heavy atom. The molecule has 0 saturated heterocycles. The third-order valence-corrected chi connectivity index (χ3v) is 3.93. The molecule has 0 unspecified atom stereocenters. The molecule has 0 aromatic heterocycles. The second kappa shape index (κ2) is 7.87. The SMILES string of the molecule is COc1ccc([N+](=O)[O-])cc1C(=O)NCCc1ccc(F)c(Br)c1. The molecule has 6 nitrogen and oxygen atoms in total. The van der Waals surface area contributed by atoms with Gasteiger partial charge in [0.1, 0.15) is 11.6 Å². The average molecular weight is 397 g/mol. The molecule has 1 N–H and O–H groups in total. The minimum atomic E-state index is -0.577. The number of rotatable bonds is 6. The fourth-order valence-corrected chi connectivity index (χ4v) is 2.52. The lowest BCUT2D eigenvalue weighted by molar-refractivity contribution is -0.384. The Labute approximate surface area is 145 Å². The van der Waals surface area contributed by atoms with Gasteiger partial charge >= 0.3 is 0 Å². The molecule has 24 heavy (non-hydrogen) atoms. The number of nitro benzene ring substituents is 1. The fraction of sp³-hybridized carbons (Fsp3) is 0.188. The summed E-state index contributed by atoms with van der Waals surface area (Å²) < 4.78 is 18.6. The highest BCUT2D eigenvalue weighted by Gasteiger charge is 2.17. The molecule has 0 atom stereocenters. The van der Waals surface area contributed by atoms with E-state index in [9.17, 15) is 19.3 Å². The van der Waals surface area contributed by atoms with Crippen molar-refractivity contribution < 1.29 is 18.8 Å². The predicted octanol–water partition coefficient (Wildman–Crippen LogP) is 3.48.